The van der Waals surface area contributed by atoms with Crippen molar-refractivity contribution < 1.29 is 13.3 Å². The zero-order valence-corrected chi connectivity index (χ0v) is 22.9. The molecule has 3 heterocycles. The van der Waals surface area contributed by atoms with Crippen LogP contribution in [0.4, 0.5) is 0 Å². The van der Waals surface area contributed by atoms with E-state index in [2.05, 4.69) is 103 Å². The molecule has 0 radical (unpaired) electrons. The van der Waals surface area contributed by atoms with Crippen LogP contribution < -0.4 is 0 Å². The third-order valence-corrected chi connectivity index (χ3v) is 8.95. The number of hydrogen-bond acceptors (Lipinski definition) is 3. The van der Waals surface area contributed by atoms with Crippen LogP contribution in [-0.2, 0) is 0 Å². The largest absolute Gasteiger partial charge is 0.460 e. The maximum absolute atomic E-state index is 6.32. The second kappa shape index (κ2) is 8.37. The first kappa shape index (κ1) is 22.8. The Morgan fingerprint density at radius 1 is 0.349 bits per heavy atom. The molecular weight excluding hydrogens is 528 g/mol. The molecule has 3 aromatic heterocycles. The summed E-state index contributed by atoms with van der Waals surface area (Å²) in [5.41, 5.74) is 8.96. The number of benzene rings is 7. The quantitative estimate of drug-likeness (QED) is 0.201. The monoisotopic (exact) mass is 550 g/mol. The van der Waals surface area contributed by atoms with Gasteiger partial charge in [0, 0.05) is 26.9 Å². The van der Waals surface area contributed by atoms with Gasteiger partial charge in [-0.2, -0.15) is 0 Å². The number of furan rings is 3. The molecule has 0 saturated carbocycles. The van der Waals surface area contributed by atoms with E-state index in [1.54, 1.807) is 6.26 Å². The average molecular weight is 551 g/mol. The summed E-state index contributed by atoms with van der Waals surface area (Å²) in [5.74, 6) is 0. The highest BCUT2D eigenvalue weighted by Crippen LogP contribution is 2.48. The Hall–Kier alpha value is -5.80. The second-order valence-electron chi connectivity index (χ2n) is 11.2. The fourth-order valence-electron chi connectivity index (χ4n) is 7.11. The highest BCUT2D eigenvalue weighted by molar-refractivity contribution is 6.26. The lowest BCUT2D eigenvalue weighted by Gasteiger charge is -2.18. The van der Waals surface area contributed by atoms with Crippen LogP contribution in [0.1, 0.15) is 0 Å². The van der Waals surface area contributed by atoms with Gasteiger partial charge in [-0.25, -0.2) is 0 Å². The van der Waals surface area contributed by atoms with Crippen molar-refractivity contribution in [3.63, 3.8) is 0 Å². The summed E-state index contributed by atoms with van der Waals surface area (Å²) in [6.45, 7) is 0. The van der Waals surface area contributed by atoms with E-state index in [0.29, 0.717) is 0 Å². The van der Waals surface area contributed by atoms with Gasteiger partial charge < -0.3 is 13.3 Å². The van der Waals surface area contributed by atoms with E-state index in [9.17, 15) is 0 Å². The zero-order valence-electron chi connectivity index (χ0n) is 22.9. The molecule has 3 heteroatoms. The van der Waals surface area contributed by atoms with Crippen LogP contribution in [0.2, 0.25) is 0 Å². The van der Waals surface area contributed by atoms with Crippen molar-refractivity contribution in [2.24, 2.45) is 0 Å². The van der Waals surface area contributed by atoms with E-state index in [1.165, 1.54) is 38.2 Å². The van der Waals surface area contributed by atoms with Crippen LogP contribution in [0.25, 0.3) is 98.6 Å². The average Bonchev–Trinajstić information content (AvgIpc) is 3.78. The van der Waals surface area contributed by atoms with Crippen LogP contribution >= 0.6 is 0 Å². The lowest BCUT2D eigenvalue weighted by atomic mass is 9.84. The molecule has 10 aromatic rings. The Morgan fingerprint density at radius 2 is 0.907 bits per heavy atom. The van der Waals surface area contributed by atoms with Gasteiger partial charge in [-0.15, -0.1) is 0 Å². The zero-order chi connectivity index (χ0) is 28.1. The predicted octanol–water partition coefficient (Wildman–Crippen LogP) is 11.9. The fourth-order valence-corrected chi connectivity index (χ4v) is 7.11. The number of hydrogen-bond donors (Lipinski definition) is 0. The Balaban J connectivity index is 1.35. The maximum atomic E-state index is 6.32. The maximum Gasteiger partial charge on any atom is 0.178 e. The Morgan fingerprint density at radius 3 is 1.60 bits per heavy atom. The molecular formula is C40H22O3. The van der Waals surface area contributed by atoms with E-state index in [4.69, 9.17) is 13.3 Å². The van der Waals surface area contributed by atoms with Gasteiger partial charge >= 0.3 is 0 Å². The van der Waals surface area contributed by atoms with Crippen molar-refractivity contribution in [1.82, 2.24) is 0 Å². The van der Waals surface area contributed by atoms with Crippen molar-refractivity contribution in [2.75, 3.05) is 0 Å². The standard InChI is InChI=1S/C40H22O3/c1-3-13-28-26(11-1)37(23-17-18-36-31(21-23)24-9-5-7-15-34(24)42-36)27-12-2-4-14-29(27)38(28)32-22-33-25-10-6-8-16-35(25)43-40(33)39-30(32)19-20-41-39/h1-22H. The molecule has 7 aromatic carbocycles. The fraction of sp³-hybridized carbons (Fsp3) is 0. The SMILES string of the molecule is c1ccc2c(c1)oc1ccc(-c3c4ccccc4c(-c4cc5c6ccccc6oc5c5occc45)c4ccccc34)cc12. The van der Waals surface area contributed by atoms with Gasteiger partial charge in [0.25, 0.3) is 0 Å². The lowest BCUT2D eigenvalue weighted by molar-refractivity contribution is 0.600. The van der Waals surface area contributed by atoms with Crippen molar-refractivity contribution in [2.45, 2.75) is 0 Å². The second-order valence-corrected chi connectivity index (χ2v) is 11.2. The minimum Gasteiger partial charge on any atom is -0.460 e. The van der Waals surface area contributed by atoms with Gasteiger partial charge in [0.2, 0.25) is 0 Å². The minimum absolute atomic E-state index is 0.776. The smallest absolute Gasteiger partial charge is 0.178 e. The minimum atomic E-state index is 0.776. The van der Waals surface area contributed by atoms with Gasteiger partial charge in [0.1, 0.15) is 16.7 Å². The van der Waals surface area contributed by atoms with Crippen molar-refractivity contribution in [3.8, 4) is 22.3 Å². The molecule has 0 aliphatic rings. The molecule has 0 spiro atoms. The van der Waals surface area contributed by atoms with Crippen LogP contribution in [0, 0.1) is 0 Å². The third kappa shape index (κ3) is 3.08. The van der Waals surface area contributed by atoms with Crippen LogP contribution in [0.3, 0.4) is 0 Å². The highest BCUT2D eigenvalue weighted by atomic mass is 16.4. The number of para-hydroxylation sites is 2. The summed E-state index contributed by atoms with van der Waals surface area (Å²) < 4.78 is 18.6. The van der Waals surface area contributed by atoms with Gasteiger partial charge in [0.15, 0.2) is 11.2 Å². The first-order valence-electron chi connectivity index (χ1n) is 14.5. The van der Waals surface area contributed by atoms with Gasteiger partial charge in [0.05, 0.1) is 6.26 Å². The van der Waals surface area contributed by atoms with Crippen molar-refractivity contribution >= 4 is 76.4 Å². The summed E-state index contributed by atoms with van der Waals surface area (Å²) in [6.07, 6.45) is 1.77. The molecule has 10 rings (SSSR count). The number of rotatable bonds is 2. The summed E-state index contributed by atoms with van der Waals surface area (Å²) >= 11 is 0. The molecule has 0 fully saturated rings. The molecule has 0 saturated heterocycles. The highest BCUT2D eigenvalue weighted by Gasteiger charge is 2.22. The molecule has 3 nitrogen and oxygen atoms in total. The van der Waals surface area contributed by atoms with Crippen molar-refractivity contribution in [1.29, 1.82) is 0 Å². The van der Waals surface area contributed by atoms with Crippen LogP contribution in [-0.4, -0.2) is 0 Å². The van der Waals surface area contributed by atoms with Crippen LogP contribution in [0.5, 0.6) is 0 Å². The lowest BCUT2D eigenvalue weighted by Crippen LogP contribution is -1.91. The molecule has 0 N–H and O–H groups in total. The van der Waals surface area contributed by atoms with E-state index >= 15 is 0 Å². The summed E-state index contributed by atoms with van der Waals surface area (Å²) in [7, 11) is 0. The van der Waals surface area contributed by atoms with E-state index in [0.717, 1.165) is 60.4 Å². The van der Waals surface area contributed by atoms with Gasteiger partial charge in [-0.05, 0) is 80.2 Å². The van der Waals surface area contributed by atoms with E-state index in [-0.39, 0.29) is 0 Å². The number of fused-ring (bicyclic) bond motifs is 10. The molecule has 0 aliphatic carbocycles. The Bertz CT molecular complexity index is 2680. The Kier molecular flexibility index (Phi) is 4.45. The molecule has 0 unspecified atom stereocenters. The first-order chi connectivity index (χ1) is 21.3. The summed E-state index contributed by atoms with van der Waals surface area (Å²) in [4.78, 5) is 0. The predicted molar refractivity (Wildman–Crippen MR) is 177 cm³/mol. The van der Waals surface area contributed by atoms with E-state index in [1.807, 2.05) is 24.3 Å². The first-order valence-corrected chi connectivity index (χ1v) is 14.5. The molecule has 0 amide bonds. The molecule has 0 bridgehead atoms. The third-order valence-electron chi connectivity index (χ3n) is 8.95. The Labute approximate surface area is 245 Å². The van der Waals surface area contributed by atoms with E-state index < -0.39 is 0 Å². The van der Waals surface area contributed by atoms with Crippen molar-refractivity contribution in [3.05, 3.63) is 134 Å². The molecule has 0 atom stereocenters. The molecule has 0 aliphatic heterocycles. The van der Waals surface area contributed by atoms with Gasteiger partial charge in [-0.3, -0.25) is 0 Å². The summed E-state index contributed by atoms with van der Waals surface area (Å²) in [6, 6.07) is 44.9. The molecule has 200 valence electrons. The molecule has 43 heavy (non-hydrogen) atoms. The van der Waals surface area contributed by atoms with Gasteiger partial charge in [-0.1, -0.05) is 91.0 Å². The van der Waals surface area contributed by atoms with Crippen LogP contribution in [0.15, 0.2) is 147 Å². The normalized spacial score (nSPS) is 12.2. The topological polar surface area (TPSA) is 39.4 Å². The summed E-state index contributed by atoms with van der Waals surface area (Å²) in [5, 5.41) is 10.3.